The predicted octanol–water partition coefficient (Wildman–Crippen LogP) is 3.81. The third kappa shape index (κ3) is 3.48. The quantitative estimate of drug-likeness (QED) is 0.660. The number of morpholine rings is 1. The molecule has 1 aromatic carbocycles. The number of hydrogen-bond acceptors (Lipinski definition) is 7. The van der Waals surface area contributed by atoms with Crippen LogP contribution >= 0.6 is 0 Å². The van der Waals surface area contributed by atoms with E-state index in [4.69, 9.17) is 10.00 Å². The first kappa shape index (κ1) is 20.5. The van der Waals surface area contributed by atoms with Crippen molar-refractivity contribution in [2.24, 2.45) is 0 Å². The zero-order chi connectivity index (χ0) is 22.5. The van der Waals surface area contributed by atoms with Crippen molar-refractivity contribution in [1.29, 1.82) is 5.26 Å². The van der Waals surface area contributed by atoms with Gasteiger partial charge in [-0.2, -0.15) is 23.5 Å². The van der Waals surface area contributed by atoms with Gasteiger partial charge in [-0.25, -0.2) is 4.98 Å². The van der Waals surface area contributed by atoms with E-state index < -0.39 is 17.3 Å². The number of rotatable bonds is 4. The third-order valence-corrected chi connectivity index (χ3v) is 6.03. The van der Waals surface area contributed by atoms with Gasteiger partial charge in [0.2, 0.25) is 0 Å². The summed E-state index contributed by atoms with van der Waals surface area (Å²) in [4.78, 5) is 6.79. The smallest absolute Gasteiger partial charge is 0.374 e. The van der Waals surface area contributed by atoms with Crippen LogP contribution in [0.3, 0.4) is 0 Å². The number of alkyl halides is 3. The Balaban J connectivity index is 1.50. The Morgan fingerprint density at radius 2 is 2.12 bits per heavy atom. The van der Waals surface area contributed by atoms with Crippen LogP contribution in [0.2, 0.25) is 0 Å². The number of hydrogen-bond donors (Lipinski definition) is 1. The van der Waals surface area contributed by atoms with E-state index in [1.54, 1.807) is 12.3 Å². The van der Waals surface area contributed by atoms with Gasteiger partial charge in [0.25, 0.3) is 0 Å². The molecule has 0 amide bonds. The SMILES string of the molecule is Cc1nnc(NCc2cccc(C#N)c2C(F)(F)F)c2cc(N3C[C@H]4C[C@@H]3CO4)ncc12. The van der Waals surface area contributed by atoms with Crippen molar-refractivity contribution in [2.75, 3.05) is 23.4 Å². The summed E-state index contributed by atoms with van der Waals surface area (Å²) in [5.41, 5.74) is -0.696. The van der Waals surface area contributed by atoms with Crippen molar-refractivity contribution < 1.29 is 17.9 Å². The van der Waals surface area contributed by atoms with Crippen molar-refractivity contribution in [3.8, 4) is 6.07 Å². The van der Waals surface area contributed by atoms with E-state index >= 15 is 0 Å². The summed E-state index contributed by atoms with van der Waals surface area (Å²) >= 11 is 0. The summed E-state index contributed by atoms with van der Waals surface area (Å²) in [7, 11) is 0. The van der Waals surface area contributed by atoms with Gasteiger partial charge in [0.05, 0.1) is 41.6 Å². The number of ether oxygens (including phenoxy) is 1. The molecule has 7 nitrogen and oxygen atoms in total. The molecule has 2 fully saturated rings. The fourth-order valence-electron chi connectivity index (χ4n) is 4.48. The molecular weight excluding hydrogens is 421 g/mol. The van der Waals surface area contributed by atoms with Crippen molar-refractivity contribution in [1.82, 2.24) is 15.2 Å². The van der Waals surface area contributed by atoms with Gasteiger partial charge in [-0.05, 0) is 31.0 Å². The van der Waals surface area contributed by atoms with Gasteiger partial charge in [-0.15, -0.1) is 5.10 Å². The fraction of sp³-hybridized carbons (Fsp3) is 0.364. The largest absolute Gasteiger partial charge is 0.418 e. The molecular formula is C22H19F3N6O. The summed E-state index contributed by atoms with van der Waals surface area (Å²) in [5.74, 6) is 1.15. The summed E-state index contributed by atoms with van der Waals surface area (Å²) in [6, 6.07) is 7.77. The van der Waals surface area contributed by atoms with E-state index in [0.29, 0.717) is 18.1 Å². The first-order chi connectivity index (χ1) is 15.3. The minimum atomic E-state index is -4.64. The van der Waals surface area contributed by atoms with Crippen LogP contribution in [0, 0.1) is 18.3 Å². The van der Waals surface area contributed by atoms with E-state index in [-0.39, 0.29) is 24.3 Å². The zero-order valence-electron chi connectivity index (χ0n) is 17.1. The van der Waals surface area contributed by atoms with Gasteiger partial charge in [0, 0.05) is 30.1 Å². The summed E-state index contributed by atoms with van der Waals surface area (Å²) in [6.45, 7) is 3.08. The number of halogens is 3. The first-order valence-corrected chi connectivity index (χ1v) is 10.2. The van der Waals surface area contributed by atoms with Gasteiger partial charge >= 0.3 is 6.18 Å². The highest BCUT2D eigenvalue weighted by molar-refractivity contribution is 5.94. The maximum absolute atomic E-state index is 13.6. The topological polar surface area (TPSA) is 87.0 Å². The Hall–Kier alpha value is -3.45. The second kappa shape index (κ2) is 7.60. The Kier molecular flexibility index (Phi) is 4.86. The molecule has 2 aliphatic heterocycles. The lowest BCUT2D eigenvalue weighted by Crippen LogP contribution is -2.37. The van der Waals surface area contributed by atoms with E-state index in [1.807, 2.05) is 13.0 Å². The van der Waals surface area contributed by atoms with Crippen LogP contribution in [0.15, 0.2) is 30.5 Å². The highest BCUT2D eigenvalue weighted by atomic mass is 19.4. The molecule has 2 aliphatic rings. The molecule has 0 radical (unpaired) electrons. The average Bonchev–Trinajstić information content (AvgIpc) is 3.41. The Morgan fingerprint density at radius 3 is 2.81 bits per heavy atom. The molecule has 2 aromatic heterocycles. The second-order valence-electron chi connectivity index (χ2n) is 8.02. The van der Waals surface area contributed by atoms with Crippen LogP contribution in [0.25, 0.3) is 10.8 Å². The summed E-state index contributed by atoms with van der Waals surface area (Å²) < 4.78 is 46.4. The highest BCUT2D eigenvalue weighted by Crippen LogP contribution is 2.36. The van der Waals surface area contributed by atoms with Crippen molar-refractivity contribution in [3.05, 3.63) is 52.8 Å². The second-order valence-corrected chi connectivity index (χ2v) is 8.02. The standard InChI is InChI=1S/C22H19F3N6O/c1-12-18-9-27-19(31-10-16-5-15(31)11-32-16)6-17(18)21(30-29-12)28-8-14-4-2-3-13(7-26)20(14)22(23,24)25/h2-4,6,9,15-16H,5,8,10-11H2,1H3,(H,28,30)/t15-,16-/m1/s1. The maximum atomic E-state index is 13.6. The van der Waals surface area contributed by atoms with Crippen molar-refractivity contribution in [3.63, 3.8) is 0 Å². The van der Waals surface area contributed by atoms with E-state index in [0.717, 1.165) is 29.6 Å². The number of benzene rings is 1. The van der Waals surface area contributed by atoms with Crippen LogP contribution in [-0.2, 0) is 17.5 Å². The summed E-state index contributed by atoms with van der Waals surface area (Å²) in [6.07, 6.45) is -1.74. The van der Waals surface area contributed by atoms with Gasteiger partial charge in [-0.3, -0.25) is 0 Å². The molecule has 5 rings (SSSR count). The molecule has 0 spiro atoms. The fourth-order valence-corrected chi connectivity index (χ4v) is 4.48. The predicted molar refractivity (Wildman–Crippen MR) is 111 cm³/mol. The van der Waals surface area contributed by atoms with Crippen molar-refractivity contribution in [2.45, 2.75) is 38.2 Å². The third-order valence-electron chi connectivity index (χ3n) is 6.03. The summed E-state index contributed by atoms with van der Waals surface area (Å²) in [5, 5.41) is 21.9. The lowest BCUT2D eigenvalue weighted by atomic mass is 10.0. The molecule has 4 heterocycles. The average molecular weight is 440 g/mol. The number of aryl methyl sites for hydroxylation is 1. The lowest BCUT2D eigenvalue weighted by molar-refractivity contribution is -0.138. The molecule has 164 valence electrons. The maximum Gasteiger partial charge on any atom is 0.418 e. The van der Waals surface area contributed by atoms with E-state index in [1.165, 1.54) is 18.2 Å². The molecule has 2 saturated heterocycles. The molecule has 2 bridgehead atoms. The molecule has 32 heavy (non-hydrogen) atoms. The van der Waals surface area contributed by atoms with Crippen LogP contribution in [-0.4, -0.2) is 40.5 Å². The number of nitriles is 1. The van der Waals surface area contributed by atoms with Crippen molar-refractivity contribution >= 4 is 22.4 Å². The highest BCUT2D eigenvalue weighted by Gasteiger charge is 2.40. The van der Waals surface area contributed by atoms with Crippen LogP contribution in [0.4, 0.5) is 24.8 Å². The number of nitrogens with one attached hydrogen (secondary N) is 1. The van der Waals surface area contributed by atoms with Gasteiger partial charge in [0.1, 0.15) is 5.82 Å². The normalized spacial score (nSPS) is 20.0. The Bertz CT molecular complexity index is 1240. The number of nitrogens with zero attached hydrogens (tertiary/aromatic N) is 5. The number of aromatic nitrogens is 3. The Labute approximate surface area is 181 Å². The molecule has 1 N–H and O–H groups in total. The molecule has 3 aromatic rings. The Morgan fingerprint density at radius 1 is 1.28 bits per heavy atom. The van der Waals surface area contributed by atoms with E-state index in [2.05, 4.69) is 25.4 Å². The number of pyridine rings is 1. The molecule has 0 saturated carbocycles. The molecule has 2 atom stereocenters. The first-order valence-electron chi connectivity index (χ1n) is 10.2. The van der Waals surface area contributed by atoms with Gasteiger partial charge in [-0.1, -0.05) is 12.1 Å². The van der Waals surface area contributed by atoms with Gasteiger partial charge in [0.15, 0.2) is 5.82 Å². The number of fused-ring (bicyclic) bond motifs is 3. The molecule has 0 unspecified atom stereocenters. The van der Waals surface area contributed by atoms with Crippen LogP contribution in [0.1, 0.15) is 28.8 Å². The van der Waals surface area contributed by atoms with Gasteiger partial charge < -0.3 is 15.0 Å². The zero-order valence-corrected chi connectivity index (χ0v) is 17.1. The minimum Gasteiger partial charge on any atom is -0.374 e. The number of anilines is 2. The lowest BCUT2D eigenvalue weighted by Gasteiger charge is -2.28. The van der Waals surface area contributed by atoms with Crippen LogP contribution < -0.4 is 10.2 Å². The monoisotopic (exact) mass is 440 g/mol. The molecule has 10 heteroatoms. The van der Waals surface area contributed by atoms with Crippen LogP contribution in [0.5, 0.6) is 0 Å². The van der Waals surface area contributed by atoms with E-state index in [9.17, 15) is 13.2 Å². The minimum absolute atomic E-state index is 0.0321. The molecule has 0 aliphatic carbocycles.